The molecule has 1 aliphatic carbocycles. The molecular formula is C17H26N2O2. The lowest BCUT2D eigenvalue weighted by Crippen LogP contribution is -2.41. The van der Waals surface area contributed by atoms with Gasteiger partial charge in [-0.15, -0.1) is 0 Å². The number of hydrogen-bond acceptors (Lipinski definition) is 2. The molecule has 2 amide bonds. The molecule has 0 saturated heterocycles. The van der Waals surface area contributed by atoms with Crippen LogP contribution in [0, 0.1) is 0 Å². The molecule has 0 heterocycles. The molecule has 1 aromatic rings. The van der Waals surface area contributed by atoms with Gasteiger partial charge in [0.15, 0.2) is 0 Å². The largest absolute Gasteiger partial charge is 0.393 e. The van der Waals surface area contributed by atoms with Crippen molar-refractivity contribution in [3.05, 3.63) is 29.8 Å². The molecule has 0 radical (unpaired) electrons. The van der Waals surface area contributed by atoms with Gasteiger partial charge < -0.3 is 15.7 Å². The van der Waals surface area contributed by atoms with Crippen LogP contribution in [0.1, 0.15) is 52.0 Å². The van der Waals surface area contributed by atoms with E-state index in [1.165, 1.54) is 5.56 Å². The van der Waals surface area contributed by atoms with E-state index in [1.807, 2.05) is 24.3 Å². The zero-order chi connectivity index (χ0) is 15.5. The van der Waals surface area contributed by atoms with Gasteiger partial charge in [0, 0.05) is 11.7 Å². The highest BCUT2D eigenvalue weighted by molar-refractivity contribution is 5.89. The summed E-state index contributed by atoms with van der Waals surface area (Å²) in [6, 6.07) is 7.81. The summed E-state index contributed by atoms with van der Waals surface area (Å²) in [7, 11) is 0. The minimum absolute atomic E-state index is 0.0719. The fourth-order valence-electron chi connectivity index (χ4n) is 2.70. The van der Waals surface area contributed by atoms with E-state index in [9.17, 15) is 9.90 Å². The second-order valence-corrected chi connectivity index (χ2v) is 6.94. The summed E-state index contributed by atoms with van der Waals surface area (Å²) >= 11 is 0. The van der Waals surface area contributed by atoms with E-state index in [1.54, 1.807) is 0 Å². The molecule has 4 nitrogen and oxygen atoms in total. The number of amides is 2. The Morgan fingerprint density at radius 3 is 2.43 bits per heavy atom. The summed E-state index contributed by atoms with van der Waals surface area (Å²) in [6.07, 6.45) is 3.11. The molecule has 0 aliphatic heterocycles. The van der Waals surface area contributed by atoms with Gasteiger partial charge in [-0.05, 0) is 48.8 Å². The van der Waals surface area contributed by atoms with Crippen LogP contribution in [0.15, 0.2) is 24.3 Å². The number of anilines is 1. The van der Waals surface area contributed by atoms with Gasteiger partial charge in [0.2, 0.25) is 0 Å². The van der Waals surface area contributed by atoms with E-state index in [2.05, 4.69) is 31.4 Å². The number of hydrogen-bond donors (Lipinski definition) is 3. The van der Waals surface area contributed by atoms with Gasteiger partial charge in [0.1, 0.15) is 0 Å². The third kappa shape index (κ3) is 4.74. The third-order valence-corrected chi connectivity index (χ3v) is 3.99. The van der Waals surface area contributed by atoms with Crippen LogP contribution in [0.5, 0.6) is 0 Å². The van der Waals surface area contributed by atoms with E-state index in [-0.39, 0.29) is 23.6 Å². The minimum atomic E-state index is -0.282. The summed E-state index contributed by atoms with van der Waals surface area (Å²) < 4.78 is 0. The number of aliphatic hydroxyl groups excluding tert-OH is 1. The molecule has 1 saturated carbocycles. The van der Waals surface area contributed by atoms with Crippen molar-refractivity contribution in [2.24, 2.45) is 0 Å². The standard InChI is InChI=1S/C17H26N2O2/c1-17(2,3)12-7-9-13(10-8-12)18-16(21)19-14-5-4-6-15(20)11-14/h7-10,14-15,20H,4-6,11H2,1-3H3,(H2,18,19,21)/t14-,15+/m1/s1. The maximum absolute atomic E-state index is 12.0. The topological polar surface area (TPSA) is 61.4 Å². The van der Waals surface area contributed by atoms with Crippen LogP contribution in [-0.4, -0.2) is 23.3 Å². The Labute approximate surface area is 126 Å². The Bertz CT molecular complexity index is 477. The summed E-state index contributed by atoms with van der Waals surface area (Å²) in [5.41, 5.74) is 2.14. The SMILES string of the molecule is CC(C)(C)c1ccc(NC(=O)N[C@@H]2CCC[C@H](O)C2)cc1. The number of aliphatic hydroxyl groups is 1. The lowest BCUT2D eigenvalue weighted by atomic mass is 9.87. The molecule has 2 atom stereocenters. The lowest BCUT2D eigenvalue weighted by molar-refractivity contribution is 0.114. The molecular weight excluding hydrogens is 264 g/mol. The van der Waals surface area contributed by atoms with Crippen LogP contribution in [0.2, 0.25) is 0 Å². The number of rotatable bonds is 2. The highest BCUT2D eigenvalue weighted by Crippen LogP contribution is 2.23. The van der Waals surface area contributed by atoms with Gasteiger partial charge in [0.05, 0.1) is 6.10 Å². The van der Waals surface area contributed by atoms with Crippen LogP contribution in [-0.2, 0) is 5.41 Å². The van der Waals surface area contributed by atoms with E-state index in [0.29, 0.717) is 6.42 Å². The van der Waals surface area contributed by atoms with Gasteiger partial charge in [-0.25, -0.2) is 4.79 Å². The molecule has 0 unspecified atom stereocenters. The summed E-state index contributed by atoms with van der Waals surface area (Å²) in [5, 5.41) is 15.4. The van der Waals surface area contributed by atoms with Crippen LogP contribution in [0.3, 0.4) is 0 Å². The van der Waals surface area contributed by atoms with Gasteiger partial charge in [0.25, 0.3) is 0 Å². The highest BCUT2D eigenvalue weighted by atomic mass is 16.3. The monoisotopic (exact) mass is 290 g/mol. The second kappa shape index (κ2) is 6.48. The quantitative estimate of drug-likeness (QED) is 0.781. The van der Waals surface area contributed by atoms with E-state index in [0.717, 1.165) is 24.9 Å². The normalized spacial score (nSPS) is 22.7. The van der Waals surface area contributed by atoms with Gasteiger partial charge >= 0.3 is 6.03 Å². The van der Waals surface area contributed by atoms with Crippen molar-refractivity contribution in [2.75, 3.05) is 5.32 Å². The van der Waals surface area contributed by atoms with Crippen molar-refractivity contribution < 1.29 is 9.90 Å². The molecule has 2 rings (SSSR count). The smallest absolute Gasteiger partial charge is 0.319 e. The minimum Gasteiger partial charge on any atom is -0.393 e. The van der Waals surface area contributed by atoms with Crippen molar-refractivity contribution in [3.63, 3.8) is 0 Å². The fourth-order valence-corrected chi connectivity index (χ4v) is 2.70. The molecule has 1 aromatic carbocycles. The van der Waals surface area contributed by atoms with Crippen LogP contribution in [0.25, 0.3) is 0 Å². The molecule has 116 valence electrons. The van der Waals surface area contributed by atoms with Gasteiger partial charge in [-0.1, -0.05) is 32.9 Å². The van der Waals surface area contributed by atoms with Crippen LogP contribution >= 0.6 is 0 Å². The number of carbonyl (C=O) groups is 1. The average molecular weight is 290 g/mol. The van der Waals surface area contributed by atoms with Gasteiger partial charge in [-0.3, -0.25) is 0 Å². The van der Waals surface area contributed by atoms with Gasteiger partial charge in [-0.2, -0.15) is 0 Å². The number of benzene rings is 1. The first kappa shape index (κ1) is 15.8. The zero-order valence-electron chi connectivity index (χ0n) is 13.1. The molecule has 4 heteroatoms. The Kier molecular flexibility index (Phi) is 4.88. The van der Waals surface area contributed by atoms with Crippen LogP contribution < -0.4 is 10.6 Å². The predicted molar refractivity (Wildman–Crippen MR) is 85.6 cm³/mol. The average Bonchev–Trinajstić information content (AvgIpc) is 2.38. The molecule has 3 N–H and O–H groups in total. The number of carbonyl (C=O) groups excluding carboxylic acids is 1. The first-order chi connectivity index (χ1) is 9.84. The zero-order valence-corrected chi connectivity index (χ0v) is 13.1. The fraction of sp³-hybridized carbons (Fsp3) is 0.588. The number of urea groups is 1. The van der Waals surface area contributed by atoms with E-state index in [4.69, 9.17) is 0 Å². The third-order valence-electron chi connectivity index (χ3n) is 3.99. The van der Waals surface area contributed by atoms with Crippen LogP contribution in [0.4, 0.5) is 10.5 Å². The molecule has 0 bridgehead atoms. The first-order valence-electron chi connectivity index (χ1n) is 7.71. The van der Waals surface area contributed by atoms with Crippen molar-refractivity contribution >= 4 is 11.7 Å². The van der Waals surface area contributed by atoms with E-state index >= 15 is 0 Å². The summed E-state index contributed by atoms with van der Waals surface area (Å²) in [4.78, 5) is 12.0. The highest BCUT2D eigenvalue weighted by Gasteiger charge is 2.21. The van der Waals surface area contributed by atoms with Crippen molar-refractivity contribution in [1.29, 1.82) is 0 Å². The van der Waals surface area contributed by atoms with E-state index < -0.39 is 0 Å². The molecule has 0 aromatic heterocycles. The molecule has 1 fully saturated rings. The Morgan fingerprint density at radius 1 is 1.19 bits per heavy atom. The van der Waals surface area contributed by atoms with Crippen molar-refractivity contribution in [2.45, 2.75) is 64.0 Å². The maximum atomic E-state index is 12.0. The lowest BCUT2D eigenvalue weighted by Gasteiger charge is -2.26. The second-order valence-electron chi connectivity index (χ2n) is 6.94. The Morgan fingerprint density at radius 2 is 1.86 bits per heavy atom. The summed E-state index contributed by atoms with van der Waals surface area (Å²) in [6.45, 7) is 6.49. The molecule has 0 spiro atoms. The van der Waals surface area contributed by atoms with Crippen molar-refractivity contribution in [1.82, 2.24) is 5.32 Å². The summed E-state index contributed by atoms with van der Waals surface area (Å²) in [5.74, 6) is 0. The number of nitrogens with one attached hydrogen (secondary N) is 2. The van der Waals surface area contributed by atoms with Crippen molar-refractivity contribution in [3.8, 4) is 0 Å². The Balaban J connectivity index is 1.87. The first-order valence-corrected chi connectivity index (χ1v) is 7.71. The molecule has 1 aliphatic rings. The maximum Gasteiger partial charge on any atom is 0.319 e. The predicted octanol–water partition coefficient (Wildman–Crippen LogP) is 3.41. The molecule has 21 heavy (non-hydrogen) atoms. The Hall–Kier alpha value is -1.55.